The summed E-state index contributed by atoms with van der Waals surface area (Å²) in [7, 11) is 0. The summed E-state index contributed by atoms with van der Waals surface area (Å²) in [6, 6.07) is 18.4. The number of nitrogens with zero attached hydrogens (tertiary/aromatic N) is 2. The molecule has 4 aromatic rings. The van der Waals surface area contributed by atoms with Crippen molar-refractivity contribution in [1.82, 2.24) is 20.1 Å². The molecule has 0 bridgehead atoms. The Balaban J connectivity index is 1.36. The lowest BCUT2D eigenvalue weighted by molar-refractivity contribution is 0.0950. The third-order valence-corrected chi connectivity index (χ3v) is 4.91. The summed E-state index contributed by atoms with van der Waals surface area (Å²) >= 11 is 0. The van der Waals surface area contributed by atoms with Crippen molar-refractivity contribution in [3.63, 3.8) is 0 Å². The second-order valence-electron chi connectivity index (χ2n) is 7.28. The van der Waals surface area contributed by atoms with Crippen LogP contribution in [0.5, 0.6) is 0 Å². The number of fused-ring (bicyclic) bond motifs is 1. The van der Waals surface area contributed by atoms with Crippen LogP contribution in [0.4, 0.5) is 0 Å². The molecule has 0 aliphatic carbocycles. The van der Waals surface area contributed by atoms with Gasteiger partial charge >= 0.3 is 0 Å². The molecule has 2 N–H and O–H groups in total. The molecule has 142 valence electrons. The fourth-order valence-electron chi connectivity index (χ4n) is 3.47. The van der Waals surface area contributed by atoms with E-state index >= 15 is 0 Å². The summed E-state index contributed by atoms with van der Waals surface area (Å²) in [5, 5.41) is 8.55. The van der Waals surface area contributed by atoms with Gasteiger partial charge in [0.2, 0.25) is 0 Å². The number of nitrogens with one attached hydrogen (secondary N) is 2. The summed E-state index contributed by atoms with van der Waals surface area (Å²) < 4.78 is 1.94. The van der Waals surface area contributed by atoms with Gasteiger partial charge in [0.15, 0.2) is 0 Å². The minimum absolute atomic E-state index is 0.0758. The van der Waals surface area contributed by atoms with Gasteiger partial charge in [0.05, 0.1) is 11.4 Å². The van der Waals surface area contributed by atoms with E-state index in [4.69, 9.17) is 0 Å². The van der Waals surface area contributed by atoms with E-state index in [-0.39, 0.29) is 5.91 Å². The molecule has 5 heteroatoms. The minimum Gasteiger partial charge on any atom is -0.351 e. The average molecular weight is 372 g/mol. The van der Waals surface area contributed by atoms with Crippen LogP contribution in [0.3, 0.4) is 0 Å². The van der Waals surface area contributed by atoms with E-state index in [1.165, 1.54) is 11.1 Å². The van der Waals surface area contributed by atoms with Crippen LogP contribution in [0, 0.1) is 20.8 Å². The van der Waals surface area contributed by atoms with Gasteiger partial charge in [-0.15, -0.1) is 0 Å². The summed E-state index contributed by atoms with van der Waals surface area (Å²) in [6.45, 7) is 6.68. The molecule has 0 aliphatic heterocycles. The highest BCUT2D eigenvalue weighted by Gasteiger charge is 2.09. The van der Waals surface area contributed by atoms with Crippen molar-refractivity contribution in [2.24, 2.45) is 0 Å². The Morgan fingerprint density at radius 3 is 2.54 bits per heavy atom. The van der Waals surface area contributed by atoms with E-state index in [2.05, 4.69) is 58.7 Å². The van der Waals surface area contributed by atoms with Crippen LogP contribution in [0.25, 0.3) is 16.6 Å². The van der Waals surface area contributed by atoms with E-state index in [0.717, 1.165) is 34.4 Å². The van der Waals surface area contributed by atoms with Crippen LogP contribution in [0.1, 0.15) is 33.0 Å². The summed E-state index contributed by atoms with van der Waals surface area (Å²) in [6.07, 6.45) is 0.780. The SMILES string of the molecule is Cc1ccc2cc(C(=O)NCCc3ccc(-n4nc(C)cc4C)cc3)[nH]c2c1. The molecule has 5 nitrogen and oxygen atoms in total. The Morgan fingerprint density at radius 2 is 1.82 bits per heavy atom. The summed E-state index contributed by atoms with van der Waals surface area (Å²) in [5.74, 6) is -0.0758. The van der Waals surface area contributed by atoms with Crippen LogP contribution in [-0.2, 0) is 6.42 Å². The fourth-order valence-corrected chi connectivity index (χ4v) is 3.47. The third kappa shape index (κ3) is 3.69. The van der Waals surface area contributed by atoms with Gasteiger partial charge < -0.3 is 10.3 Å². The predicted molar refractivity (Wildman–Crippen MR) is 112 cm³/mol. The predicted octanol–water partition coefficient (Wildman–Crippen LogP) is 4.25. The molecular weight excluding hydrogens is 348 g/mol. The van der Waals surface area contributed by atoms with Gasteiger partial charge in [-0.1, -0.05) is 24.3 Å². The molecule has 0 saturated carbocycles. The van der Waals surface area contributed by atoms with Gasteiger partial charge in [-0.2, -0.15) is 5.10 Å². The van der Waals surface area contributed by atoms with Crippen LogP contribution >= 0.6 is 0 Å². The van der Waals surface area contributed by atoms with E-state index < -0.39 is 0 Å². The summed E-state index contributed by atoms with van der Waals surface area (Å²) in [5.41, 5.74) is 7.11. The lowest BCUT2D eigenvalue weighted by Crippen LogP contribution is -2.25. The number of carbonyl (C=O) groups excluding carboxylic acids is 1. The van der Waals surface area contributed by atoms with Crippen LogP contribution in [-0.4, -0.2) is 27.2 Å². The number of rotatable bonds is 5. The van der Waals surface area contributed by atoms with Crippen LogP contribution in [0.15, 0.2) is 54.6 Å². The molecule has 28 heavy (non-hydrogen) atoms. The molecular formula is C23H24N4O. The zero-order valence-electron chi connectivity index (χ0n) is 16.4. The largest absolute Gasteiger partial charge is 0.351 e. The molecule has 0 fully saturated rings. The molecule has 0 atom stereocenters. The molecule has 0 aliphatic rings. The van der Waals surface area contributed by atoms with E-state index in [1.54, 1.807) is 0 Å². The van der Waals surface area contributed by atoms with E-state index in [0.29, 0.717) is 12.2 Å². The highest BCUT2D eigenvalue weighted by Crippen LogP contribution is 2.17. The number of hydrogen-bond donors (Lipinski definition) is 2. The number of aromatic nitrogens is 3. The number of aromatic amines is 1. The van der Waals surface area contributed by atoms with Gasteiger partial charge in [-0.3, -0.25) is 4.79 Å². The third-order valence-electron chi connectivity index (χ3n) is 4.91. The molecule has 0 saturated heterocycles. The topological polar surface area (TPSA) is 62.7 Å². The Kier molecular flexibility index (Phi) is 4.74. The molecule has 1 amide bonds. The van der Waals surface area contributed by atoms with Crippen LogP contribution < -0.4 is 5.32 Å². The smallest absolute Gasteiger partial charge is 0.267 e. The van der Waals surface area contributed by atoms with Gasteiger partial charge in [0.1, 0.15) is 5.69 Å². The van der Waals surface area contributed by atoms with Crippen LogP contribution in [0.2, 0.25) is 0 Å². The van der Waals surface area contributed by atoms with Gasteiger partial charge in [-0.25, -0.2) is 4.68 Å². The van der Waals surface area contributed by atoms with Crippen molar-refractivity contribution in [1.29, 1.82) is 0 Å². The maximum absolute atomic E-state index is 12.4. The zero-order valence-corrected chi connectivity index (χ0v) is 16.4. The Labute approximate surface area is 164 Å². The lowest BCUT2D eigenvalue weighted by Gasteiger charge is -2.07. The standard InChI is InChI=1S/C23H24N4O/c1-15-4-7-19-14-22(25-21(19)12-15)23(28)24-11-10-18-5-8-20(9-6-18)27-17(3)13-16(2)26-27/h4-9,12-14,25H,10-11H2,1-3H3,(H,24,28). The molecule has 2 heterocycles. The highest BCUT2D eigenvalue weighted by molar-refractivity contribution is 5.98. The highest BCUT2D eigenvalue weighted by atomic mass is 16.1. The fraction of sp³-hybridized carbons (Fsp3) is 0.217. The molecule has 0 radical (unpaired) electrons. The van der Waals surface area contributed by atoms with Crippen molar-refractivity contribution in [3.05, 3.63) is 82.8 Å². The molecule has 4 rings (SSSR count). The van der Waals surface area contributed by atoms with Crippen molar-refractivity contribution in [2.45, 2.75) is 27.2 Å². The Bertz CT molecular complexity index is 1140. The van der Waals surface area contributed by atoms with Gasteiger partial charge in [0.25, 0.3) is 5.91 Å². The molecule has 0 unspecified atom stereocenters. The van der Waals surface area contributed by atoms with E-state index in [9.17, 15) is 4.79 Å². The number of benzene rings is 2. The zero-order chi connectivity index (χ0) is 19.7. The normalized spacial score (nSPS) is 11.1. The summed E-state index contributed by atoms with van der Waals surface area (Å²) in [4.78, 5) is 15.6. The monoisotopic (exact) mass is 372 g/mol. The first-order valence-corrected chi connectivity index (χ1v) is 9.50. The van der Waals surface area contributed by atoms with Crippen molar-refractivity contribution < 1.29 is 4.79 Å². The van der Waals surface area contributed by atoms with Crippen molar-refractivity contribution >= 4 is 16.8 Å². The quantitative estimate of drug-likeness (QED) is 0.550. The average Bonchev–Trinajstić information content (AvgIpc) is 3.24. The number of aryl methyl sites for hydroxylation is 3. The molecule has 2 aromatic carbocycles. The molecule has 2 aromatic heterocycles. The number of hydrogen-bond acceptors (Lipinski definition) is 2. The number of H-pyrrole nitrogens is 1. The first-order chi connectivity index (χ1) is 13.5. The second-order valence-corrected chi connectivity index (χ2v) is 7.28. The number of carbonyl (C=O) groups is 1. The Hall–Kier alpha value is -3.34. The lowest BCUT2D eigenvalue weighted by atomic mass is 10.1. The maximum atomic E-state index is 12.4. The first kappa shape index (κ1) is 18.0. The minimum atomic E-state index is -0.0758. The molecule has 0 spiro atoms. The maximum Gasteiger partial charge on any atom is 0.267 e. The van der Waals surface area contributed by atoms with E-state index in [1.807, 2.05) is 36.7 Å². The van der Waals surface area contributed by atoms with Crippen molar-refractivity contribution in [2.75, 3.05) is 6.54 Å². The first-order valence-electron chi connectivity index (χ1n) is 9.50. The van der Waals surface area contributed by atoms with Gasteiger partial charge in [-0.05, 0) is 68.7 Å². The number of amides is 1. The Morgan fingerprint density at radius 1 is 1.04 bits per heavy atom. The van der Waals surface area contributed by atoms with Gasteiger partial charge in [0, 0.05) is 23.1 Å². The second kappa shape index (κ2) is 7.35. The van der Waals surface area contributed by atoms with Crippen molar-refractivity contribution in [3.8, 4) is 5.69 Å².